The van der Waals surface area contributed by atoms with Gasteiger partial charge in [-0.25, -0.2) is 0 Å². The monoisotopic (exact) mass is 151 g/mol. The predicted octanol–water partition coefficient (Wildman–Crippen LogP) is -0.299. The zero-order valence-corrected chi connectivity index (χ0v) is 5.95. The van der Waals surface area contributed by atoms with Crippen LogP contribution < -0.4 is 11.1 Å². The summed E-state index contributed by atoms with van der Waals surface area (Å²) in [4.78, 5) is 3.98. The van der Waals surface area contributed by atoms with Gasteiger partial charge in [0.15, 0.2) is 6.29 Å². The smallest absolute Gasteiger partial charge is 0.171 e. The van der Waals surface area contributed by atoms with Crippen molar-refractivity contribution in [1.29, 1.82) is 0 Å². The summed E-state index contributed by atoms with van der Waals surface area (Å²) in [5.74, 6) is 0. The maximum absolute atomic E-state index is 5.52. The van der Waals surface area contributed by atoms with Crippen molar-refractivity contribution in [2.24, 2.45) is 10.7 Å². The third-order valence-corrected chi connectivity index (χ3v) is 1.61. The van der Waals surface area contributed by atoms with Crippen molar-refractivity contribution in [3.05, 3.63) is 23.6 Å². The number of aliphatic imine (C=N–C) groups is 1. The van der Waals surface area contributed by atoms with Crippen LogP contribution >= 0.6 is 0 Å². The summed E-state index contributed by atoms with van der Waals surface area (Å²) in [5, 5.41) is 3.01. The lowest BCUT2D eigenvalue weighted by Gasteiger charge is -2.21. The Bertz CT molecular complexity index is 254. The Hall–Kier alpha value is -1.29. The molecular formula is C7H9N3O. The van der Waals surface area contributed by atoms with Gasteiger partial charge in [0.25, 0.3) is 0 Å². The van der Waals surface area contributed by atoms with E-state index in [0.717, 1.165) is 11.3 Å². The molecule has 1 atom stereocenters. The minimum absolute atomic E-state index is 0.309. The molecule has 0 fully saturated rings. The standard InChI is InChI=1S/C7H9N3O/c8-7-9-3-5-4-11-2-1-6(5)10-7/h1-3,7,10H,4,8H2. The fourth-order valence-electron chi connectivity index (χ4n) is 1.05. The van der Waals surface area contributed by atoms with Gasteiger partial charge in [-0.05, 0) is 6.08 Å². The van der Waals surface area contributed by atoms with Gasteiger partial charge in [-0.15, -0.1) is 0 Å². The van der Waals surface area contributed by atoms with E-state index in [1.807, 2.05) is 6.08 Å². The normalized spacial score (nSPS) is 27.5. The first kappa shape index (κ1) is 6.42. The Labute approximate surface area is 64.4 Å². The lowest BCUT2D eigenvalue weighted by Crippen LogP contribution is -2.38. The highest BCUT2D eigenvalue weighted by atomic mass is 16.5. The molecule has 11 heavy (non-hydrogen) atoms. The first-order valence-electron chi connectivity index (χ1n) is 3.43. The van der Waals surface area contributed by atoms with Gasteiger partial charge in [-0.2, -0.15) is 0 Å². The highest BCUT2D eigenvalue weighted by Crippen LogP contribution is 2.11. The Kier molecular flexibility index (Phi) is 1.40. The zero-order valence-electron chi connectivity index (χ0n) is 5.95. The van der Waals surface area contributed by atoms with E-state index in [1.54, 1.807) is 12.5 Å². The zero-order chi connectivity index (χ0) is 7.68. The van der Waals surface area contributed by atoms with E-state index in [9.17, 15) is 0 Å². The molecule has 0 radical (unpaired) electrons. The third-order valence-electron chi connectivity index (χ3n) is 1.61. The summed E-state index contributed by atoms with van der Waals surface area (Å²) in [6, 6.07) is 0. The van der Waals surface area contributed by atoms with Gasteiger partial charge in [-0.3, -0.25) is 10.7 Å². The van der Waals surface area contributed by atoms with Gasteiger partial charge < -0.3 is 10.1 Å². The summed E-state index contributed by atoms with van der Waals surface area (Å²) < 4.78 is 5.06. The molecule has 1 unspecified atom stereocenters. The van der Waals surface area contributed by atoms with Crippen LogP contribution in [-0.4, -0.2) is 19.1 Å². The quantitative estimate of drug-likeness (QED) is 0.499. The summed E-state index contributed by atoms with van der Waals surface area (Å²) in [6.07, 6.45) is 4.94. The van der Waals surface area contributed by atoms with Crippen molar-refractivity contribution in [1.82, 2.24) is 5.32 Å². The van der Waals surface area contributed by atoms with Crippen molar-refractivity contribution in [2.45, 2.75) is 6.29 Å². The van der Waals surface area contributed by atoms with Gasteiger partial charge >= 0.3 is 0 Å². The molecule has 2 heterocycles. The van der Waals surface area contributed by atoms with E-state index in [4.69, 9.17) is 10.5 Å². The van der Waals surface area contributed by atoms with Crippen LogP contribution in [0.5, 0.6) is 0 Å². The molecule has 58 valence electrons. The minimum atomic E-state index is -0.309. The highest BCUT2D eigenvalue weighted by Gasteiger charge is 2.13. The van der Waals surface area contributed by atoms with E-state index >= 15 is 0 Å². The molecule has 0 bridgehead atoms. The second kappa shape index (κ2) is 2.39. The summed E-state index contributed by atoms with van der Waals surface area (Å²) in [6.45, 7) is 0.578. The van der Waals surface area contributed by atoms with E-state index < -0.39 is 0 Å². The fraction of sp³-hybridized carbons (Fsp3) is 0.286. The number of nitrogens with zero attached hydrogens (tertiary/aromatic N) is 1. The van der Waals surface area contributed by atoms with Crippen molar-refractivity contribution in [2.75, 3.05) is 6.61 Å². The lowest BCUT2D eigenvalue weighted by molar-refractivity contribution is 0.276. The number of hydrogen-bond donors (Lipinski definition) is 2. The van der Waals surface area contributed by atoms with Crippen molar-refractivity contribution >= 4 is 6.21 Å². The maximum atomic E-state index is 5.52. The number of ether oxygens (including phenoxy) is 1. The van der Waals surface area contributed by atoms with Crippen LogP contribution in [0.3, 0.4) is 0 Å². The molecule has 0 aliphatic carbocycles. The summed E-state index contributed by atoms with van der Waals surface area (Å²) in [5.41, 5.74) is 7.59. The SMILES string of the molecule is NC1N=CC2=C(C=COC2)N1. The predicted molar refractivity (Wildman–Crippen MR) is 41.7 cm³/mol. The molecule has 0 aromatic heterocycles. The molecule has 0 aromatic carbocycles. The molecule has 3 N–H and O–H groups in total. The van der Waals surface area contributed by atoms with Gasteiger partial charge in [0.2, 0.25) is 0 Å². The maximum Gasteiger partial charge on any atom is 0.171 e. The molecule has 2 aliphatic rings. The second-order valence-corrected chi connectivity index (χ2v) is 2.42. The van der Waals surface area contributed by atoms with Crippen LogP contribution in [0.1, 0.15) is 0 Å². The van der Waals surface area contributed by atoms with Crippen molar-refractivity contribution in [3.63, 3.8) is 0 Å². The Balaban J connectivity index is 2.27. The third kappa shape index (κ3) is 1.12. The Morgan fingerprint density at radius 2 is 2.64 bits per heavy atom. The first-order chi connectivity index (χ1) is 5.36. The van der Waals surface area contributed by atoms with Crippen LogP contribution in [0, 0.1) is 0 Å². The molecule has 0 saturated heterocycles. The molecule has 0 amide bonds. The summed E-state index contributed by atoms with van der Waals surface area (Å²) >= 11 is 0. The van der Waals surface area contributed by atoms with Crippen LogP contribution in [0.15, 0.2) is 28.6 Å². The molecule has 4 nitrogen and oxygen atoms in total. The highest BCUT2D eigenvalue weighted by molar-refractivity contribution is 5.82. The van der Waals surface area contributed by atoms with Crippen molar-refractivity contribution < 1.29 is 4.74 Å². The minimum Gasteiger partial charge on any atom is -0.496 e. The van der Waals surface area contributed by atoms with E-state index in [-0.39, 0.29) is 6.29 Å². The molecular weight excluding hydrogens is 142 g/mol. The first-order valence-corrected chi connectivity index (χ1v) is 3.43. The largest absolute Gasteiger partial charge is 0.496 e. The van der Waals surface area contributed by atoms with Gasteiger partial charge in [0, 0.05) is 17.5 Å². The average Bonchev–Trinajstić information content (AvgIpc) is 2.04. The molecule has 0 aromatic rings. The second-order valence-electron chi connectivity index (χ2n) is 2.42. The average molecular weight is 151 g/mol. The van der Waals surface area contributed by atoms with Crippen LogP contribution in [0.2, 0.25) is 0 Å². The Morgan fingerprint density at radius 3 is 3.55 bits per heavy atom. The summed E-state index contributed by atoms with van der Waals surface area (Å²) in [7, 11) is 0. The molecule has 0 spiro atoms. The number of nitrogens with two attached hydrogens (primary N) is 1. The van der Waals surface area contributed by atoms with Crippen LogP contribution in [0.4, 0.5) is 0 Å². The van der Waals surface area contributed by atoms with Gasteiger partial charge in [0.1, 0.15) is 6.61 Å². The molecule has 2 aliphatic heterocycles. The van der Waals surface area contributed by atoms with Crippen molar-refractivity contribution in [3.8, 4) is 0 Å². The van der Waals surface area contributed by atoms with Gasteiger partial charge in [-0.1, -0.05) is 0 Å². The van der Waals surface area contributed by atoms with Crippen LogP contribution in [-0.2, 0) is 4.74 Å². The number of nitrogens with one attached hydrogen (secondary N) is 1. The van der Waals surface area contributed by atoms with Crippen LogP contribution in [0.25, 0.3) is 0 Å². The lowest BCUT2D eigenvalue weighted by atomic mass is 10.2. The molecule has 0 saturated carbocycles. The van der Waals surface area contributed by atoms with Gasteiger partial charge in [0.05, 0.1) is 6.26 Å². The fourth-order valence-corrected chi connectivity index (χ4v) is 1.05. The topological polar surface area (TPSA) is 59.6 Å². The molecule has 2 rings (SSSR count). The van der Waals surface area contributed by atoms with E-state index in [2.05, 4.69) is 10.3 Å². The molecule has 4 heteroatoms. The Morgan fingerprint density at radius 1 is 1.73 bits per heavy atom. The number of hydrogen-bond acceptors (Lipinski definition) is 4. The van der Waals surface area contributed by atoms with E-state index in [1.165, 1.54) is 0 Å². The number of rotatable bonds is 0. The van der Waals surface area contributed by atoms with E-state index in [0.29, 0.717) is 6.61 Å². The number of allylic oxidation sites excluding steroid dienone is 1.